The van der Waals surface area contributed by atoms with Crippen LogP contribution in [0.2, 0.25) is 0 Å². The molecule has 0 unspecified atom stereocenters. The minimum Gasteiger partial charge on any atom is -0.497 e. The molecule has 2 rings (SSSR count). The summed E-state index contributed by atoms with van der Waals surface area (Å²) in [5.41, 5.74) is 0.707. The minimum atomic E-state index is -1.11. The molecule has 0 bridgehead atoms. The van der Waals surface area contributed by atoms with Gasteiger partial charge in [-0.25, -0.2) is 8.78 Å². The zero-order valence-corrected chi connectivity index (χ0v) is 15.0. The highest BCUT2D eigenvalue weighted by atomic mass is 19.2. The third-order valence-electron chi connectivity index (χ3n) is 3.50. The van der Waals surface area contributed by atoms with E-state index in [1.165, 1.54) is 13.2 Å². The van der Waals surface area contributed by atoms with Crippen LogP contribution in [0.5, 0.6) is 5.75 Å². The van der Waals surface area contributed by atoms with E-state index in [0.717, 1.165) is 12.1 Å². The number of methoxy groups -OCH3 is 1. The van der Waals surface area contributed by atoms with Gasteiger partial charge >= 0.3 is 5.97 Å². The molecule has 28 heavy (non-hydrogen) atoms. The van der Waals surface area contributed by atoms with Crippen LogP contribution in [0, 0.1) is 11.6 Å². The van der Waals surface area contributed by atoms with Crippen LogP contribution >= 0.6 is 0 Å². The van der Waals surface area contributed by atoms with Gasteiger partial charge in [-0.1, -0.05) is 12.1 Å². The standard InChI is InChI=1S/C19H18F2N2O5/c1-27-14-4-2-3-12(7-14)8-19(26)28-11-18(25)22-10-17(24)23-13-5-6-15(20)16(21)9-13/h2-7,9H,8,10-11H2,1H3,(H,22,25)(H,23,24). The average molecular weight is 392 g/mol. The SMILES string of the molecule is COc1cccc(CC(=O)OCC(=O)NCC(=O)Nc2ccc(F)c(F)c2)c1. The summed E-state index contributed by atoms with van der Waals surface area (Å²) in [6.07, 6.45) is -0.0406. The van der Waals surface area contributed by atoms with Gasteiger partial charge in [-0.3, -0.25) is 14.4 Å². The first-order chi connectivity index (χ1) is 13.4. The molecule has 0 atom stereocenters. The summed E-state index contributed by atoms with van der Waals surface area (Å²) in [5, 5.41) is 4.54. The largest absolute Gasteiger partial charge is 0.497 e. The molecule has 0 aliphatic rings. The van der Waals surface area contributed by atoms with Gasteiger partial charge in [0.1, 0.15) is 5.75 Å². The van der Waals surface area contributed by atoms with Crippen LogP contribution in [0.1, 0.15) is 5.56 Å². The Morgan fingerprint density at radius 3 is 2.50 bits per heavy atom. The van der Waals surface area contributed by atoms with E-state index >= 15 is 0 Å². The summed E-state index contributed by atoms with van der Waals surface area (Å²) in [6.45, 7) is -0.980. The van der Waals surface area contributed by atoms with Crippen LogP contribution in [-0.2, 0) is 25.5 Å². The van der Waals surface area contributed by atoms with E-state index in [2.05, 4.69) is 10.6 Å². The van der Waals surface area contributed by atoms with Gasteiger partial charge in [0.05, 0.1) is 20.1 Å². The molecule has 9 heteroatoms. The van der Waals surface area contributed by atoms with Crippen LogP contribution < -0.4 is 15.4 Å². The second-order valence-corrected chi connectivity index (χ2v) is 5.64. The van der Waals surface area contributed by atoms with Gasteiger partial charge in [0.15, 0.2) is 18.2 Å². The van der Waals surface area contributed by atoms with E-state index in [0.29, 0.717) is 11.3 Å². The van der Waals surface area contributed by atoms with Crippen molar-refractivity contribution < 1.29 is 32.6 Å². The predicted octanol–water partition coefficient (Wildman–Crippen LogP) is 1.81. The molecule has 148 valence electrons. The molecule has 0 aliphatic carbocycles. The topological polar surface area (TPSA) is 93.7 Å². The number of rotatable bonds is 8. The Balaban J connectivity index is 1.70. The Kier molecular flexibility index (Phi) is 7.44. The molecule has 0 saturated heterocycles. The monoisotopic (exact) mass is 392 g/mol. The summed E-state index contributed by atoms with van der Waals surface area (Å²) >= 11 is 0. The van der Waals surface area contributed by atoms with Crippen LogP contribution in [0.25, 0.3) is 0 Å². The number of ether oxygens (including phenoxy) is 2. The van der Waals surface area contributed by atoms with Crippen molar-refractivity contribution in [3.05, 3.63) is 59.7 Å². The second-order valence-electron chi connectivity index (χ2n) is 5.64. The minimum absolute atomic E-state index is 0.0406. The van der Waals surface area contributed by atoms with Crippen molar-refractivity contribution in [2.45, 2.75) is 6.42 Å². The third-order valence-corrected chi connectivity index (χ3v) is 3.50. The maximum absolute atomic E-state index is 13.1. The Hall–Kier alpha value is -3.49. The molecular formula is C19H18F2N2O5. The first-order valence-electron chi connectivity index (χ1n) is 8.17. The fourth-order valence-corrected chi connectivity index (χ4v) is 2.16. The van der Waals surface area contributed by atoms with Crippen LogP contribution in [0.4, 0.5) is 14.5 Å². The van der Waals surface area contributed by atoms with E-state index in [4.69, 9.17) is 9.47 Å². The van der Waals surface area contributed by atoms with Gasteiger partial charge < -0.3 is 20.1 Å². The van der Waals surface area contributed by atoms with Gasteiger partial charge in [-0.15, -0.1) is 0 Å². The number of amides is 2. The summed E-state index contributed by atoms with van der Waals surface area (Å²) in [7, 11) is 1.50. The summed E-state index contributed by atoms with van der Waals surface area (Å²) < 4.78 is 35.8. The van der Waals surface area contributed by atoms with Gasteiger partial charge in [-0.05, 0) is 29.8 Å². The lowest BCUT2D eigenvalue weighted by Gasteiger charge is -2.08. The van der Waals surface area contributed by atoms with Crippen molar-refractivity contribution in [2.75, 3.05) is 25.6 Å². The Morgan fingerprint density at radius 2 is 1.79 bits per heavy atom. The number of anilines is 1. The Morgan fingerprint density at radius 1 is 1.00 bits per heavy atom. The molecule has 0 spiro atoms. The van der Waals surface area contributed by atoms with Crippen molar-refractivity contribution >= 4 is 23.5 Å². The first kappa shape index (κ1) is 20.8. The number of esters is 1. The van der Waals surface area contributed by atoms with Crippen molar-refractivity contribution in [3.8, 4) is 5.75 Å². The number of hydrogen-bond acceptors (Lipinski definition) is 5. The van der Waals surface area contributed by atoms with Crippen LogP contribution in [0.3, 0.4) is 0 Å². The van der Waals surface area contributed by atoms with Crippen LogP contribution in [0.15, 0.2) is 42.5 Å². The lowest BCUT2D eigenvalue weighted by Crippen LogP contribution is -2.35. The highest BCUT2D eigenvalue weighted by Gasteiger charge is 2.11. The lowest BCUT2D eigenvalue weighted by atomic mass is 10.1. The molecule has 0 saturated carbocycles. The van der Waals surface area contributed by atoms with Crippen molar-refractivity contribution in [3.63, 3.8) is 0 Å². The van der Waals surface area contributed by atoms with Crippen molar-refractivity contribution in [1.82, 2.24) is 5.32 Å². The van der Waals surface area contributed by atoms with E-state index in [9.17, 15) is 23.2 Å². The third kappa shape index (κ3) is 6.67. The molecule has 0 fully saturated rings. The first-order valence-corrected chi connectivity index (χ1v) is 8.17. The number of halogens is 2. The smallest absolute Gasteiger partial charge is 0.310 e. The van der Waals surface area contributed by atoms with E-state index in [-0.39, 0.29) is 12.1 Å². The molecule has 0 heterocycles. The molecule has 7 nitrogen and oxygen atoms in total. The lowest BCUT2D eigenvalue weighted by molar-refractivity contribution is -0.147. The fourth-order valence-electron chi connectivity index (χ4n) is 2.16. The molecule has 2 aromatic carbocycles. The normalized spacial score (nSPS) is 10.1. The molecule has 0 radical (unpaired) electrons. The molecule has 2 amide bonds. The number of carbonyl (C=O) groups is 3. The molecule has 2 N–H and O–H groups in total. The number of hydrogen-bond donors (Lipinski definition) is 2. The molecule has 2 aromatic rings. The summed E-state index contributed by atoms with van der Waals surface area (Å²) in [5.74, 6) is -3.50. The highest BCUT2D eigenvalue weighted by molar-refractivity contribution is 5.94. The zero-order valence-electron chi connectivity index (χ0n) is 15.0. The Bertz CT molecular complexity index is 873. The van der Waals surface area contributed by atoms with Crippen LogP contribution in [-0.4, -0.2) is 38.0 Å². The molecule has 0 aliphatic heterocycles. The van der Waals surface area contributed by atoms with Gasteiger partial charge in [0, 0.05) is 11.8 Å². The van der Waals surface area contributed by atoms with Crippen molar-refractivity contribution in [1.29, 1.82) is 0 Å². The average Bonchev–Trinajstić information content (AvgIpc) is 2.67. The summed E-state index contributed by atoms with van der Waals surface area (Å²) in [6, 6.07) is 9.70. The van der Waals surface area contributed by atoms with E-state index < -0.39 is 42.6 Å². The maximum Gasteiger partial charge on any atom is 0.310 e. The maximum atomic E-state index is 13.1. The van der Waals surface area contributed by atoms with Crippen molar-refractivity contribution in [2.24, 2.45) is 0 Å². The Labute approximate surface area is 159 Å². The van der Waals surface area contributed by atoms with Gasteiger partial charge in [-0.2, -0.15) is 0 Å². The predicted molar refractivity (Wildman–Crippen MR) is 95.7 cm³/mol. The van der Waals surface area contributed by atoms with E-state index in [1.54, 1.807) is 24.3 Å². The molecular weight excluding hydrogens is 374 g/mol. The van der Waals surface area contributed by atoms with Gasteiger partial charge in [0.2, 0.25) is 5.91 Å². The number of carbonyl (C=O) groups excluding carboxylic acids is 3. The number of nitrogens with one attached hydrogen (secondary N) is 2. The molecule has 0 aromatic heterocycles. The number of benzene rings is 2. The fraction of sp³-hybridized carbons (Fsp3) is 0.211. The zero-order chi connectivity index (χ0) is 20.5. The second kappa shape index (κ2) is 10.0. The highest BCUT2D eigenvalue weighted by Crippen LogP contribution is 2.14. The summed E-state index contributed by atoms with van der Waals surface area (Å²) in [4.78, 5) is 35.1. The van der Waals surface area contributed by atoms with E-state index in [1.807, 2.05) is 0 Å². The van der Waals surface area contributed by atoms with Gasteiger partial charge in [0.25, 0.3) is 5.91 Å². The quantitative estimate of drug-likeness (QED) is 0.669.